The van der Waals surface area contributed by atoms with E-state index in [2.05, 4.69) is 15.2 Å². The highest BCUT2D eigenvalue weighted by Crippen LogP contribution is 2.38. The van der Waals surface area contributed by atoms with E-state index in [4.69, 9.17) is 0 Å². The molecular weight excluding hydrogens is 364 g/mol. The summed E-state index contributed by atoms with van der Waals surface area (Å²) in [5, 5.41) is 3.58. The summed E-state index contributed by atoms with van der Waals surface area (Å²) in [6.07, 6.45) is 9.09. The molecule has 0 spiro atoms. The summed E-state index contributed by atoms with van der Waals surface area (Å²) < 4.78 is 1.90. The molecule has 5 rings (SSSR count). The van der Waals surface area contributed by atoms with E-state index in [0.717, 1.165) is 55.1 Å². The van der Waals surface area contributed by atoms with Crippen molar-refractivity contribution in [3.05, 3.63) is 47.2 Å². The molecule has 3 aliphatic rings. The molecule has 0 radical (unpaired) electrons. The summed E-state index contributed by atoms with van der Waals surface area (Å²) in [5.74, 6) is 0.0723. The highest BCUT2D eigenvalue weighted by atomic mass is 16.2. The Labute approximate surface area is 170 Å². The van der Waals surface area contributed by atoms with Crippen molar-refractivity contribution in [1.29, 1.82) is 0 Å². The number of aliphatic imine (C=N–C) groups is 1. The third-order valence-corrected chi connectivity index (χ3v) is 6.42. The largest absolute Gasteiger partial charge is 0.358 e. The lowest BCUT2D eigenvalue weighted by Gasteiger charge is -2.35. The maximum absolute atomic E-state index is 13.7. The van der Waals surface area contributed by atoms with Crippen molar-refractivity contribution in [2.45, 2.75) is 50.7 Å². The third kappa shape index (κ3) is 3.26. The highest BCUT2D eigenvalue weighted by molar-refractivity contribution is 6.07. The summed E-state index contributed by atoms with van der Waals surface area (Å²) in [5.41, 5.74) is 4.46. The number of aromatic nitrogens is 1. The first-order valence-corrected chi connectivity index (χ1v) is 10.5. The Balaban J connectivity index is 1.46. The monoisotopic (exact) mass is 390 g/mol. The van der Waals surface area contributed by atoms with Crippen LogP contribution >= 0.6 is 0 Å². The molecule has 1 aliphatic heterocycles. The molecule has 0 bridgehead atoms. The zero-order valence-corrected chi connectivity index (χ0v) is 16.7. The molecular formula is C23H26N4O2. The van der Waals surface area contributed by atoms with Crippen LogP contribution in [0.3, 0.4) is 0 Å². The number of nitrogens with one attached hydrogen (secondary N) is 1. The lowest BCUT2D eigenvalue weighted by atomic mass is 9.88. The van der Waals surface area contributed by atoms with Crippen molar-refractivity contribution in [1.82, 2.24) is 14.8 Å². The molecule has 1 saturated carbocycles. The van der Waals surface area contributed by atoms with Gasteiger partial charge >= 0.3 is 0 Å². The van der Waals surface area contributed by atoms with Gasteiger partial charge in [-0.3, -0.25) is 14.6 Å². The minimum Gasteiger partial charge on any atom is -0.358 e. The number of rotatable bonds is 5. The van der Waals surface area contributed by atoms with E-state index in [0.29, 0.717) is 6.04 Å². The van der Waals surface area contributed by atoms with Gasteiger partial charge in [0.05, 0.1) is 6.54 Å². The Bertz CT molecular complexity index is 1040. The van der Waals surface area contributed by atoms with Crippen LogP contribution < -0.4 is 5.32 Å². The standard InChI is InChI=1S/C23H26N4O2/c1-24-22(28)14-26-10-9-19-20(3-2-4-21(19)26)23(29)27(17-7-8-17)18-6-5-15-12-25-13-16(15)11-18/h2-4,9-10,13,17-18H,5-8,11-12,14H2,1H3,(H,24,28). The van der Waals surface area contributed by atoms with Crippen LogP contribution in [-0.2, 0) is 11.3 Å². The number of fused-ring (bicyclic) bond motifs is 1. The van der Waals surface area contributed by atoms with Gasteiger partial charge in [0.2, 0.25) is 5.91 Å². The van der Waals surface area contributed by atoms with E-state index in [-0.39, 0.29) is 24.4 Å². The van der Waals surface area contributed by atoms with Gasteiger partial charge in [0, 0.05) is 48.0 Å². The van der Waals surface area contributed by atoms with Gasteiger partial charge < -0.3 is 14.8 Å². The second-order valence-corrected chi connectivity index (χ2v) is 8.29. The molecule has 2 aliphatic carbocycles. The summed E-state index contributed by atoms with van der Waals surface area (Å²) in [7, 11) is 1.64. The molecule has 6 nitrogen and oxygen atoms in total. The fourth-order valence-electron chi connectivity index (χ4n) is 4.73. The summed E-state index contributed by atoms with van der Waals surface area (Å²) in [6.45, 7) is 1.10. The molecule has 1 aromatic heterocycles. The number of carbonyl (C=O) groups is 2. The zero-order chi connectivity index (χ0) is 20.0. The van der Waals surface area contributed by atoms with Gasteiger partial charge in [-0.25, -0.2) is 0 Å². The lowest BCUT2D eigenvalue weighted by Crippen LogP contribution is -2.43. The fourth-order valence-corrected chi connectivity index (χ4v) is 4.73. The first-order valence-electron chi connectivity index (χ1n) is 10.5. The van der Waals surface area contributed by atoms with E-state index < -0.39 is 0 Å². The fraction of sp³-hybridized carbons (Fsp3) is 0.435. The predicted molar refractivity (Wildman–Crippen MR) is 113 cm³/mol. The number of carbonyl (C=O) groups excluding carboxylic acids is 2. The van der Waals surface area contributed by atoms with E-state index in [1.807, 2.05) is 41.2 Å². The minimum absolute atomic E-state index is 0.0525. The van der Waals surface area contributed by atoms with Gasteiger partial charge in [-0.05, 0) is 61.4 Å². The van der Waals surface area contributed by atoms with Gasteiger partial charge in [0.1, 0.15) is 6.54 Å². The number of hydrogen-bond donors (Lipinski definition) is 1. The smallest absolute Gasteiger partial charge is 0.255 e. The van der Waals surface area contributed by atoms with Crippen molar-refractivity contribution in [3.8, 4) is 0 Å². The highest BCUT2D eigenvalue weighted by Gasteiger charge is 2.40. The maximum Gasteiger partial charge on any atom is 0.255 e. The van der Waals surface area contributed by atoms with E-state index in [9.17, 15) is 9.59 Å². The molecule has 2 amide bonds. The van der Waals surface area contributed by atoms with Crippen LogP contribution in [0.25, 0.3) is 10.9 Å². The quantitative estimate of drug-likeness (QED) is 0.853. The molecule has 1 unspecified atom stereocenters. The Morgan fingerprint density at radius 1 is 1.21 bits per heavy atom. The van der Waals surface area contributed by atoms with Crippen molar-refractivity contribution in [3.63, 3.8) is 0 Å². The molecule has 1 atom stereocenters. The Morgan fingerprint density at radius 2 is 2.07 bits per heavy atom. The molecule has 2 aromatic rings. The number of amides is 2. The van der Waals surface area contributed by atoms with Crippen molar-refractivity contribution in [2.24, 2.45) is 4.99 Å². The third-order valence-electron chi connectivity index (χ3n) is 6.42. The topological polar surface area (TPSA) is 66.7 Å². The van der Waals surface area contributed by atoms with Gasteiger partial charge in [0.25, 0.3) is 5.91 Å². The Morgan fingerprint density at radius 3 is 2.86 bits per heavy atom. The maximum atomic E-state index is 13.7. The number of likely N-dealkylation sites (N-methyl/N-ethyl adjacent to an activating group) is 1. The predicted octanol–water partition coefficient (Wildman–Crippen LogP) is 2.93. The number of nitrogens with zero attached hydrogens (tertiary/aromatic N) is 3. The van der Waals surface area contributed by atoms with Gasteiger partial charge in [-0.1, -0.05) is 6.07 Å². The molecule has 2 heterocycles. The Hall–Kier alpha value is -2.89. The van der Waals surface area contributed by atoms with Gasteiger partial charge in [-0.2, -0.15) is 0 Å². The SMILES string of the molecule is CNC(=O)Cn1ccc2c(C(=O)N(C3CC3)C3CCC4=C(C=NC4)C3)cccc21. The van der Waals surface area contributed by atoms with Crippen molar-refractivity contribution in [2.75, 3.05) is 13.6 Å². The molecule has 6 heteroatoms. The lowest BCUT2D eigenvalue weighted by molar-refractivity contribution is -0.121. The molecule has 0 saturated heterocycles. The molecule has 1 aromatic carbocycles. The molecule has 1 N–H and O–H groups in total. The van der Waals surface area contributed by atoms with Crippen LogP contribution in [0.4, 0.5) is 0 Å². The van der Waals surface area contributed by atoms with Crippen molar-refractivity contribution < 1.29 is 9.59 Å². The molecule has 1 fully saturated rings. The first kappa shape index (κ1) is 18.2. The van der Waals surface area contributed by atoms with E-state index >= 15 is 0 Å². The zero-order valence-electron chi connectivity index (χ0n) is 16.7. The van der Waals surface area contributed by atoms with Crippen LogP contribution in [0.5, 0.6) is 0 Å². The molecule has 29 heavy (non-hydrogen) atoms. The van der Waals surface area contributed by atoms with Crippen LogP contribution in [0.2, 0.25) is 0 Å². The summed E-state index contributed by atoms with van der Waals surface area (Å²) in [6, 6.07) is 8.39. The summed E-state index contributed by atoms with van der Waals surface area (Å²) >= 11 is 0. The molecule has 150 valence electrons. The van der Waals surface area contributed by atoms with Crippen LogP contribution in [0, 0.1) is 0 Å². The van der Waals surface area contributed by atoms with Gasteiger partial charge in [0.15, 0.2) is 0 Å². The van der Waals surface area contributed by atoms with E-state index in [1.54, 1.807) is 7.05 Å². The van der Waals surface area contributed by atoms with Crippen molar-refractivity contribution >= 4 is 28.9 Å². The van der Waals surface area contributed by atoms with E-state index in [1.165, 1.54) is 11.1 Å². The average Bonchev–Trinajstić information content (AvgIpc) is 3.31. The van der Waals surface area contributed by atoms with Gasteiger partial charge in [-0.15, -0.1) is 0 Å². The van der Waals surface area contributed by atoms with Crippen LogP contribution in [0.1, 0.15) is 42.5 Å². The summed E-state index contributed by atoms with van der Waals surface area (Å²) in [4.78, 5) is 32.1. The van der Waals surface area contributed by atoms with Crippen LogP contribution in [0.15, 0.2) is 46.6 Å². The normalized spacial score (nSPS) is 20.8. The first-order chi connectivity index (χ1) is 14.2. The second-order valence-electron chi connectivity index (χ2n) is 8.29. The minimum atomic E-state index is -0.0525. The average molecular weight is 390 g/mol. The Kier molecular flexibility index (Phi) is 4.49. The van der Waals surface area contributed by atoms with Crippen LogP contribution in [-0.4, -0.2) is 53.2 Å². The number of hydrogen-bond acceptors (Lipinski definition) is 3. The second kappa shape index (κ2) is 7.17. The number of benzene rings is 1.